The quantitative estimate of drug-likeness (QED) is 0.763. The number of hydrogen-bond acceptors (Lipinski definition) is 2. The minimum absolute atomic E-state index is 0.460. The van der Waals surface area contributed by atoms with Crippen LogP contribution in [-0.2, 0) is 6.42 Å². The van der Waals surface area contributed by atoms with Gasteiger partial charge in [-0.1, -0.05) is 0 Å². The fourth-order valence-corrected chi connectivity index (χ4v) is 1.29. The van der Waals surface area contributed by atoms with Gasteiger partial charge in [0.2, 0.25) is 0 Å². The Balaban J connectivity index is 2.71. The predicted molar refractivity (Wildman–Crippen MR) is 55.0 cm³/mol. The highest BCUT2D eigenvalue weighted by Crippen LogP contribution is 2.10. The van der Waals surface area contributed by atoms with Crippen molar-refractivity contribution in [1.29, 1.82) is 0 Å². The first-order valence-electron chi connectivity index (χ1n) is 4.84. The number of likely N-dealkylation sites (N-methyl/N-ethyl adjacent to an activating group) is 1. The van der Waals surface area contributed by atoms with E-state index in [0.717, 1.165) is 18.7 Å². The van der Waals surface area contributed by atoms with Gasteiger partial charge in [-0.3, -0.25) is 4.68 Å². The van der Waals surface area contributed by atoms with Gasteiger partial charge in [0.25, 0.3) is 0 Å². The summed E-state index contributed by atoms with van der Waals surface area (Å²) >= 11 is 0. The van der Waals surface area contributed by atoms with Crippen molar-refractivity contribution in [1.82, 2.24) is 15.1 Å². The Labute approximate surface area is 80.1 Å². The van der Waals surface area contributed by atoms with Crippen LogP contribution < -0.4 is 5.32 Å². The van der Waals surface area contributed by atoms with Crippen LogP contribution in [-0.4, -0.2) is 23.4 Å². The molecule has 1 heterocycles. The van der Waals surface area contributed by atoms with Gasteiger partial charge >= 0.3 is 0 Å². The van der Waals surface area contributed by atoms with E-state index < -0.39 is 0 Å². The maximum absolute atomic E-state index is 4.45. The highest BCUT2D eigenvalue weighted by molar-refractivity contribution is 5.16. The predicted octanol–water partition coefficient (Wildman–Crippen LogP) is 1.53. The van der Waals surface area contributed by atoms with Crippen LogP contribution in [0, 0.1) is 6.92 Å². The third-order valence-electron chi connectivity index (χ3n) is 2.19. The second-order valence-electron chi connectivity index (χ2n) is 3.67. The molecule has 0 atom stereocenters. The van der Waals surface area contributed by atoms with E-state index in [1.54, 1.807) is 0 Å². The van der Waals surface area contributed by atoms with Crippen molar-refractivity contribution < 1.29 is 0 Å². The molecule has 0 bridgehead atoms. The van der Waals surface area contributed by atoms with Crippen LogP contribution in [0.3, 0.4) is 0 Å². The van der Waals surface area contributed by atoms with E-state index in [4.69, 9.17) is 0 Å². The van der Waals surface area contributed by atoms with Crippen LogP contribution in [0.5, 0.6) is 0 Å². The fraction of sp³-hybridized carbons (Fsp3) is 0.700. The van der Waals surface area contributed by atoms with Gasteiger partial charge < -0.3 is 5.32 Å². The van der Waals surface area contributed by atoms with Crippen molar-refractivity contribution in [3.05, 3.63) is 17.5 Å². The molecule has 0 saturated heterocycles. The summed E-state index contributed by atoms with van der Waals surface area (Å²) in [4.78, 5) is 0. The van der Waals surface area contributed by atoms with Crippen LogP contribution in [0.25, 0.3) is 0 Å². The van der Waals surface area contributed by atoms with Crippen molar-refractivity contribution in [3.8, 4) is 0 Å². The zero-order valence-corrected chi connectivity index (χ0v) is 8.96. The van der Waals surface area contributed by atoms with Gasteiger partial charge in [-0.25, -0.2) is 0 Å². The fourth-order valence-electron chi connectivity index (χ4n) is 1.29. The van der Waals surface area contributed by atoms with E-state index in [-0.39, 0.29) is 0 Å². The summed E-state index contributed by atoms with van der Waals surface area (Å²) in [7, 11) is 1.97. The standard InChI is InChI=1S/C10H19N3/c1-8(2)13-7-10(5-6-11-4)9(3)12-13/h7-8,11H,5-6H2,1-4H3. The third kappa shape index (κ3) is 2.56. The minimum atomic E-state index is 0.460. The number of nitrogens with zero attached hydrogens (tertiary/aromatic N) is 2. The molecule has 0 radical (unpaired) electrons. The van der Waals surface area contributed by atoms with Crippen LogP contribution in [0.4, 0.5) is 0 Å². The molecular weight excluding hydrogens is 162 g/mol. The minimum Gasteiger partial charge on any atom is -0.319 e. The molecular formula is C10H19N3. The molecule has 1 aromatic heterocycles. The molecule has 3 nitrogen and oxygen atoms in total. The van der Waals surface area contributed by atoms with Crippen LogP contribution in [0.1, 0.15) is 31.1 Å². The lowest BCUT2D eigenvalue weighted by Gasteiger charge is -2.02. The molecule has 0 aliphatic heterocycles. The largest absolute Gasteiger partial charge is 0.319 e. The number of hydrogen-bond donors (Lipinski definition) is 1. The molecule has 0 aliphatic rings. The average Bonchev–Trinajstić information content (AvgIpc) is 2.44. The summed E-state index contributed by atoms with van der Waals surface area (Å²) in [5.41, 5.74) is 2.51. The monoisotopic (exact) mass is 181 g/mol. The maximum atomic E-state index is 4.45. The van der Waals surface area contributed by atoms with Crippen molar-refractivity contribution in [2.75, 3.05) is 13.6 Å². The molecule has 1 aromatic rings. The van der Waals surface area contributed by atoms with Crippen LogP contribution in [0.15, 0.2) is 6.20 Å². The molecule has 0 aliphatic carbocycles. The lowest BCUT2D eigenvalue weighted by atomic mass is 10.2. The molecule has 0 unspecified atom stereocenters. The van der Waals surface area contributed by atoms with Crippen LogP contribution >= 0.6 is 0 Å². The van der Waals surface area contributed by atoms with Crippen molar-refractivity contribution >= 4 is 0 Å². The number of rotatable bonds is 4. The maximum Gasteiger partial charge on any atom is 0.0626 e. The lowest BCUT2D eigenvalue weighted by molar-refractivity contribution is 0.529. The zero-order valence-electron chi connectivity index (χ0n) is 8.96. The normalized spacial score (nSPS) is 11.2. The summed E-state index contributed by atoms with van der Waals surface area (Å²) in [6, 6.07) is 0.460. The molecule has 0 spiro atoms. The van der Waals surface area contributed by atoms with Gasteiger partial charge in [0, 0.05) is 12.2 Å². The zero-order chi connectivity index (χ0) is 9.84. The lowest BCUT2D eigenvalue weighted by Crippen LogP contribution is -2.10. The summed E-state index contributed by atoms with van der Waals surface area (Å²) in [5.74, 6) is 0. The van der Waals surface area contributed by atoms with E-state index in [9.17, 15) is 0 Å². The molecule has 74 valence electrons. The molecule has 0 aromatic carbocycles. The van der Waals surface area contributed by atoms with Gasteiger partial charge in [0.15, 0.2) is 0 Å². The second kappa shape index (κ2) is 4.42. The Morgan fingerprint density at radius 2 is 2.23 bits per heavy atom. The Morgan fingerprint density at radius 3 is 2.69 bits per heavy atom. The van der Waals surface area contributed by atoms with Gasteiger partial charge in [-0.15, -0.1) is 0 Å². The second-order valence-corrected chi connectivity index (χ2v) is 3.67. The van der Waals surface area contributed by atoms with E-state index >= 15 is 0 Å². The van der Waals surface area contributed by atoms with E-state index in [1.165, 1.54) is 5.56 Å². The van der Waals surface area contributed by atoms with Gasteiger partial charge in [-0.05, 0) is 46.3 Å². The van der Waals surface area contributed by atoms with E-state index in [0.29, 0.717) is 6.04 Å². The highest BCUT2D eigenvalue weighted by atomic mass is 15.3. The summed E-state index contributed by atoms with van der Waals surface area (Å²) < 4.78 is 2.03. The van der Waals surface area contributed by atoms with Crippen molar-refractivity contribution in [3.63, 3.8) is 0 Å². The van der Waals surface area contributed by atoms with Crippen LogP contribution in [0.2, 0.25) is 0 Å². The average molecular weight is 181 g/mol. The van der Waals surface area contributed by atoms with Crippen molar-refractivity contribution in [2.24, 2.45) is 0 Å². The Morgan fingerprint density at radius 1 is 1.54 bits per heavy atom. The summed E-state index contributed by atoms with van der Waals surface area (Å²) in [5, 5.41) is 7.60. The summed E-state index contributed by atoms with van der Waals surface area (Å²) in [6.07, 6.45) is 3.21. The first kappa shape index (κ1) is 10.3. The molecule has 13 heavy (non-hydrogen) atoms. The van der Waals surface area contributed by atoms with Gasteiger partial charge in [0.1, 0.15) is 0 Å². The SMILES string of the molecule is CNCCc1cn(C(C)C)nc1C. The Hall–Kier alpha value is -0.830. The molecule has 1 rings (SSSR count). The topological polar surface area (TPSA) is 29.9 Å². The van der Waals surface area contributed by atoms with Gasteiger partial charge in [0.05, 0.1) is 5.69 Å². The number of aryl methyl sites for hydroxylation is 1. The molecule has 3 heteroatoms. The molecule has 1 N–H and O–H groups in total. The summed E-state index contributed by atoms with van der Waals surface area (Å²) in [6.45, 7) is 7.39. The first-order chi connectivity index (χ1) is 6.15. The van der Waals surface area contributed by atoms with Gasteiger partial charge in [-0.2, -0.15) is 5.10 Å². The third-order valence-corrected chi connectivity index (χ3v) is 2.19. The van der Waals surface area contributed by atoms with Crippen molar-refractivity contribution in [2.45, 2.75) is 33.2 Å². The molecule has 0 fully saturated rings. The smallest absolute Gasteiger partial charge is 0.0626 e. The Kier molecular flexibility index (Phi) is 3.48. The highest BCUT2D eigenvalue weighted by Gasteiger charge is 2.05. The van der Waals surface area contributed by atoms with E-state index in [2.05, 4.69) is 37.4 Å². The Bertz CT molecular complexity index is 263. The molecule has 0 amide bonds. The first-order valence-corrected chi connectivity index (χ1v) is 4.84. The van der Waals surface area contributed by atoms with E-state index in [1.807, 2.05) is 11.7 Å². The number of nitrogens with one attached hydrogen (secondary N) is 1. The number of aromatic nitrogens is 2. The molecule has 0 saturated carbocycles.